The summed E-state index contributed by atoms with van der Waals surface area (Å²) >= 11 is 12.0. The Morgan fingerprint density at radius 2 is 1.38 bits per heavy atom. The minimum Gasteiger partial charge on any atom is -0.352 e. The number of nitrogens with one attached hydrogen (secondary N) is 1. The topological polar surface area (TPSA) is 86.8 Å². The lowest BCUT2D eigenvalue weighted by atomic mass is 10.1. The summed E-state index contributed by atoms with van der Waals surface area (Å²) in [5.74, 6) is -0.883. The van der Waals surface area contributed by atoms with E-state index < -0.39 is 28.5 Å². The zero-order valence-corrected chi connectivity index (χ0v) is 23.1. The number of anilines is 1. The molecule has 0 unspecified atom stereocenters. The van der Waals surface area contributed by atoms with E-state index in [9.17, 15) is 18.0 Å². The predicted molar refractivity (Wildman–Crippen MR) is 147 cm³/mol. The molecule has 1 N–H and O–H groups in total. The molecular weight excluding hydrogens is 533 g/mol. The van der Waals surface area contributed by atoms with Gasteiger partial charge in [0, 0.05) is 22.6 Å². The first-order chi connectivity index (χ1) is 17.5. The number of amides is 2. The summed E-state index contributed by atoms with van der Waals surface area (Å²) in [6, 6.07) is 20.0. The molecule has 7 nitrogen and oxygen atoms in total. The number of halogens is 2. The molecule has 0 bridgehead atoms. The van der Waals surface area contributed by atoms with E-state index >= 15 is 0 Å². The number of benzene rings is 3. The molecule has 1 atom stereocenters. The smallest absolute Gasteiger partial charge is 0.264 e. The van der Waals surface area contributed by atoms with Crippen LogP contribution in [0.3, 0.4) is 0 Å². The Bertz CT molecular complexity index is 1320. The first-order valence-electron chi connectivity index (χ1n) is 11.7. The van der Waals surface area contributed by atoms with Gasteiger partial charge < -0.3 is 10.2 Å². The van der Waals surface area contributed by atoms with Crippen molar-refractivity contribution >= 4 is 50.7 Å². The van der Waals surface area contributed by atoms with E-state index in [1.165, 1.54) is 29.2 Å². The molecular formula is C27H29Cl2N3O4S. The van der Waals surface area contributed by atoms with Gasteiger partial charge in [0.05, 0.1) is 10.6 Å². The maximum absolute atomic E-state index is 13.8. The van der Waals surface area contributed by atoms with E-state index in [1.54, 1.807) is 61.5 Å². The highest BCUT2D eigenvalue weighted by Crippen LogP contribution is 2.25. The predicted octanol–water partition coefficient (Wildman–Crippen LogP) is 5.13. The van der Waals surface area contributed by atoms with Crippen LogP contribution in [0.15, 0.2) is 83.8 Å². The second-order valence-corrected chi connectivity index (χ2v) is 11.5. The van der Waals surface area contributed by atoms with Crippen LogP contribution in [0, 0.1) is 0 Å². The van der Waals surface area contributed by atoms with E-state index in [1.807, 2.05) is 13.8 Å². The second kappa shape index (κ2) is 12.4. The summed E-state index contributed by atoms with van der Waals surface area (Å²) in [7, 11) is -4.13. The first-order valence-corrected chi connectivity index (χ1v) is 13.9. The molecule has 10 heteroatoms. The fraction of sp³-hybridized carbons (Fsp3) is 0.259. The number of sulfonamides is 1. The van der Waals surface area contributed by atoms with Gasteiger partial charge in [-0.25, -0.2) is 8.42 Å². The number of carbonyl (C=O) groups is 2. The molecule has 37 heavy (non-hydrogen) atoms. The van der Waals surface area contributed by atoms with Crippen molar-refractivity contribution in [2.75, 3.05) is 10.8 Å². The normalized spacial score (nSPS) is 12.2. The Kier molecular flexibility index (Phi) is 9.59. The Hall–Kier alpha value is -3.07. The van der Waals surface area contributed by atoms with Crippen LogP contribution in [-0.2, 0) is 26.2 Å². The second-order valence-electron chi connectivity index (χ2n) is 8.79. The standard InChI is InChI=1S/C27H29Cl2N3O4S/c1-19(2)30-27(34)20(3)31(17-21-9-11-22(28)12-10-21)26(33)18-32(24-7-5-4-6-8-24)37(35,36)25-15-13-23(29)14-16-25/h4-16,19-20H,17-18H2,1-3H3,(H,30,34)/t20-/m1/s1. The average Bonchev–Trinajstić information content (AvgIpc) is 2.86. The summed E-state index contributed by atoms with van der Waals surface area (Å²) in [6.07, 6.45) is 0. The number of hydrogen-bond donors (Lipinski definition) is 1. The molecule has 2 amide bonds. The van der Waals surface area contributed by atoms with Gasteiger partial charge in [0.2, 0.25) is 11.8 Å². The van der Waals surface area contributed by atoms with Crippen LogP contribution >= 0.6 is 23.2 Å². The molecule has 0 radical (unpaired) electrons. The fourth-order valence-electron chi connectivity index (χ4n) is 3.63. The minimum atomic E-state index is -4.13. The lowest BCUT2D eigenvalue weighted by Crippen LogP contribution is -2.52. The van der Waals surface area contributed by atoms with Crippen LogP contribution in [0.1, 0.15) is 26.3 Å². The van der Waals surface area contributed by atoms with Gasteiger partial charge in [0.1, 0.15) is 12.6 Å². The lowest BCUT2D eigenvalue weighted by molar-refractivity contribution is -0.139. The Labute approximate surface area is 228 Å². The molecule has 0 aliphatic heterocycles. The van der Waals surface area contributed by atoms with Gasteiger partial charge in [0.25, 0.3) is 10.0 Å². The molecule has 3 rings (SSSR count). The first kappa shape index (κ1) is 28.5. The van der Waals surface area contributed by atoms with Gasteiger partial charge in [-0.3, -0.25) is 13.9 Å². The van der Waals surface area contributed by atoms with E-state index in [0.29, 0.717) is 15.7 Å². The highest BCUT2D eigenvalue weighted by Gasteiger charge is 2.32. The minimum absolute atomic E-state index is 0.0107. The number of carbonyl (C=O) groups excluding carboxylic acids is 2. The van der Waals surface area contributed by atoms with E-state index in [-0.39, 0.29) is 23.4 Å². The van der Waals surface area contributed by atoms with Gasteiger partial charge in [-0.15, -0.1) is 0 Å². The van der Waals surface area contributed by atoms with Crippen LogP contribution in [-0.4, -0.2) is 43.8 Å². The van der Waals surface area contributed by atoms with Crippen molar-refractivity contribution in [1.82, 2.24) is 10.2 Å². The molecule has 0 heterocycles. The summed E-state index contributed by atoms with van der Waals surface area (Å²) in [5.41, 5.74) is 1.06. The largest absolute Gasteiger partial charge is 0.352 e. The number of hydrogen-bond acceptors (Lipinski definition) is 4. The highest BCUT2D eigenvalue weighted by atomic mass is 35.5. The third-order valence-corrected chi connectivity index (χ3v) is 7.88. The van der Waals surface area contributed by atoms with Crippen LogP contribution in [0.5, 0.6) is 0 Å². The quantitative estimate of drug-likeness (QED) is 0.371. The van der Waals surface area contributed by atoms with Crippen molar-refractivity contribution in [1.29, 1.82) is 0 Å². The molecule has 0 aliphatic carbocycles. The van der Waals surface area contributed by atoms with Crippen LogP contribution in [0.4, 0.5) is 5.69 Å². The SMILES string of the molecule is CC(C)NC(=O)[C@@H](C)N(Cc1ccc(Cl)cc1)C(=O)CN(c1ccccc1)S(=O)(=O)c1ccc(Cl)cc1. The maximum Gasteiger partial charge on any atom is 0.264 e. The van der Waals surface area contributed by atoms with Gasteiger partial charge in [-0.05, 0) is 74.9 Å². The zero-order valence-electron chi connectivity index (χ0n) is 20.8. The van der Waals surface area contributed by atoms with Crippen LogP contribution in [0.25, 0.3) is 0 Å². The highest BCUT2D eigenvalue weighted by molar-refractivity contribution is 7.92. The van der Waals surface area contributed by atoms with Crippen LogP contribution < -0.4 is 9.62 Å². The summed E-state index contributed by atoms with van der Waals surface area (Å²) in [5, 5.41) is 3.75. The lowest BCUT2D eigenvalue weighted by Gasteiger charge is -2.32. The average molecular weight is 563 g/mol. The number of para-hydroxylation sites is 1. The summed E-state index contributed by atoms with van der Waals surface area (Å²) < 4.78 is 28.4. The molecule has 0 aliphatic rings. The Morgan fingerprint density at radius 1 is 0.838 bits per heavy atom. The molecule has 196 valence electrons. The van der Waals surface area contributed by atoms with E-state index in [2.05, 4.69) is 5.32 Å². The van der Waals surface area contributed by atoms with Gasteiger partial charge in [0.15, 0.2) is 0 Å². The molecule has 0 saturated carbocycles. The van der Waals surface area contributed by atoms with E-state index in [0.717, 1.165) is 9.87 Å². The van der Waals surface area contributed by atoms with Gasteiger partial charge in [-0.2, -0.15) is 0 Å². The summed E-state index contributed by atoms with van der Waals surface area (Å²) in [4.78, 5) is 28.0. The molecule has 0 spiro atoms. The zero-order chi connectivity index (χ0) is 27.2. The monoisotopic (exact) mass is 561 g/mol. The third-order valence-electron chi connectivity index (χ3n) is 5.59. The van der Waals surface area contributed by atoms with E-state index in [4.69, 9.17) is 23.2 Å². The molecule has 0 fully saturated rings. The Morgan fingerprint density at radius 3 is 1.92 bits per heavy atom. The molecule has 3 aromatic rings. The number of nitrogens with zero attached hydrogens (tertiary/aromatic N) is 2. The third kappa shape index (κ3) is 7.47. The van der Waals surface area contributed by atoms with Crippen molar-refractivity contribution in [2.45, 2.75) is 44.3 Å². The molecule has 0 saturated heterocycles. The fourth-order valence-corrected chi connectivity index (χ4v) is 5.30. The van der Waals surface area contributed by atoms with Crippen molar-refractivity contribution < 1.29 is 18.0 Å². The van der Waals surface area contributed by atoms with Gasteiger partial charge >= 0.3 is 0 Å². The Balaban J connectivity index is 1.99. The van der Waals surface area contributed by atoms with Gasteiger partial charge in [-0.1, -0.05) is 53.5 Å². The summed E-state index contributed by atoms with van der Waals surface area (Å²) in [6.45, 7) is 4.85. The van der Waals surface area contributed by atoms with Crippen molar-refractivity contribution in [3.63, 3.8) is 0 Å². The number of rotatable bonds is 10. The molecule has 3 aromatic carbocycles. The van der Waals surface area contributed by atoms with Crippen molar-refractivity contribution in [3.8, 4) is 0 Å². The maximum atomic E-state index is 13.8. The van der Waals surface area contributed by atoms with Crippen LogP contribution in [0.2, 0.25) is 10.0 Å². The molecule has 0 aromatic heterocycles. The van der Waals surface area contributed by atoms with Crippen molar-refractivity contribution in [2.24, 2.45) is 0 Å². The van der Waals surface area contributed by atoms with Crippen molar-refractivity contribution in [3.05, 3.63) is 94.5 Å².